The lowest BCUT2D eigenvalue weighted by atomic mass is 10.1. The summed E-state index contributed by atoms with van der Waals surface area (Å²) >= 11 is 0. The second-order valence-corrected chi connectivity index (χ2v) is 8.06. The number of aryl methyl sites for hydroxylation is 2. The molecule has 0 bridgehead atoms. The molecule has 1 N–H and O–H groups in total. The lowest BCUT2D eigenvalue weighted by molar-refractivity contribution is 0.497. The van der Waals surface area contributed by atoms with E-state index in [-0.39, 0.29) is 11.3 Å². The highest BCUT2D eigenvalue weighted by Gasteiger charge is 2.25. The Hall–Kier alpha value is -0.870. The second kappa shape index (κ2) is 7.23. The highest BCUT2D eigenvalue weighted by atomic mass is 32.2. The van der Waals surface area contributed by atoms with Crippen molar-refractivity contribution in [3.05, 3.63) is 29.3 Å². The van der Waals surface area contributed by atoms with Crippen molar-refractivity contribution in [1.29, 1.82) is 0 Å². The van der Waals surface area contributed by atoms with Crippen molar-refractivity contribution in [2.24, 2.45) is 0 Å². The highest BCUT2D eigenvalue weighted by molar-refractivity contribution is 7.92. The van der Waals surface area contributed by atoms with Crippen LogP contribution < -0.4 is 5.32 Å². The van der Waals surface area contributed by atoms with E-state index in [0.29, 0.717) is 11.3 Å². The topological polar surface area (TPSA) is 46.2 Å². The first-order valence-electron chi connectivity index (χ1n) is 7.33. The Morgan fingerprint density at radius 2 is 1.80 bits per heavy atom. The molecule has 114 valence electrons. The molecular weight excluding hydrogens is 270 g/mol. The maximum absolute atomic E-state index is 12.6. The van der Waals surface area contributed by atoms with Crippen molar-refractivity contribution >= 4 is 9.84 Å². The van der Waals surface area contributed by atoms with E-state index in [9.17, 15) is 8.42 Å². The molecule has 0 saturated carbocycles. The molecule has 2 atom stereocenters. The van der Waals surface area contributed by atoms with Gasteiger partial charge < -0.3 is 5.32 Å². The van der Waals surface area contributed by atoms with Gasteiger partial charge in [0.15, 0.2) is 9.84 Å². The van der Waals surface area contributed by atoms with Crippen LogP contribution in [0.15, 0.2) is 23.1 Å². The molecule has 0 aliphatic heterocycles. The Kier molecular flexibility index (Phi) is 6.21. The largest absolute Gasteiger partial charge is 0.314 e. The van der Waals surface area contributed by atoms with E-state index < -0.39 is 9.84 Å². The first-order chi connectivity index (χ1) is 9.28. The lowest BCUT2D eigenvalue weighted by Gasteiger charge is -2.19. The first-order valence-corrected chi connectivity index (χ1v) is 8.88. The third-order valence-corrected chi connectivity index (χ3v) is 5.93. The van der Waals surface area contributed by atoms with Gasteiger partial charge in [0, 0.05) is 6.04 Å². The van der Waals surface area contributed by atoms with Gasteiger partial charge in [-0.1, -0.05) is 13.0 Å². The van der Waals surface area contributed by atoms with Crippen LogP contribution in [-0.2, 0) is 9.84 Å². The number of nitrogens with one attached hydrogen (secondary N) is 1. The van der Waals surface area contributed by atoms with Gasteiger partial charge in [0.2, 0.25) is 0 Å². The molecule has 2 unspecified atom stereocenters. The van der Waals surface area contributed by atoms with Crippen molar-refractivity contribution in [3.63, 3.8) is 0 Å². The van der Waals surface area contributed by atoms with Crippen LogP contribution in [0.1, 0.15) is 44.7 Å². The van der Waals surface area contributed by atoms with E-state index in [0.717, 1.165) is 24.1 Å². The summed E-state index contributed by atoms with van der Waals surface area (Å²) in [6.45, 7) is 10.8. The third kappa shape index (κ3) is 4.32. The van der Waals surface area contributed by atoms with Crippen LogP contribution in [0.2, 0.25) is 0 Å². The van der Waals surface area contributed by atoms with Gasteiger partial charge in [-0.3, -0.25) is 0 Å². The van der Waals surface area contributed by atoms with Crippen LogP contribution in [0.5, 0.6) is 0 Å². The van der Waals surface area contributed by atoms with Gasteiger partial charge in [0.25, 0.3) is 0 Å². The van der Waals surface area contributed by atoms with Crippen molar-refractivity contribution in [1.82, 2.24) is 5.32 Å². The predicted molar refractivity (Wildman–Crippen MR) is 84.9 cm³/mol. The molecule has 0 amide bonds. The summed E-state index contributed by atoms with van der Waals surface area (Å²) in [7, 11) is -3.24. The molecule has 0 radical (unpaired) electrons. The van der Waals surface area contributed by atoms with E-state index in [2.05, 4.69) is 12.2 Å². The molecule has 0 spiro atoms. The predicted octanol–water partition coefficient (Wildman–Crippen LogP) is 3.24. The molecular formula is C16H27NO2S. The number of sulfone groups is 1. The van der Waals surface area contributed by atoms with Gasteiger partial charge in [0.05, 0.1) is 10.1 Å². The standard InChI is InChI=1S/C16H27NO2S/c1-6-9-17-14(4)11-15(5)20(18,19)16-8-7-12(2)13(3)10-16/h7-8,10,14-15,17H,6,9,11H2,1-5H3. The minimum absolute atomic E-state index is 0.214. The van der Waals surface area contributed by atoms with Gasteiger partial charge in [-0.25, -0.2) is 8.42 Å². The Morgan fingerprint density at radius 3 is 2.35 bits per heavy atom. The van der Waals surface area contributed by atoms with Crippen LogP contribution in [0.3, 0.4) is 0 Å². The molecule has 3 nitrogen and oxygen atoms in total. The van der Waals surface area contributed by atoms with Crippen LogP contribution in [0.4, 0.5) is 0 Å². The zero-order valence-corrected chi connectivity index (χ0v) is 14.0. The average Bonchev–Trinajstić information content (AvgIpc) is 2.39. The van der Waals surface area contributed by atoms with Gasteiger partial charge in [-0.2, -0.15) is 0 Å². The zero-order valence-electron chi connectivity index (χ0n) is 13.2. The monoisotopic (exact) mass is 297 g/mol. The molecule has 1 aromatic rings. The highest BCUT2D eigenvalue weighted by Crippen LogP contribution is 2.21. The van der Waals surface area contributed by atoms with E-state index in [1.807, 2.05) is 26.8 Å². The molecule has 0 fully saturated rings. The van der Waals surface area contributed by atoms with Crippen LogP contribution in [-0.4, -0.2) is 26.3 Å². The molecule has 0 aliphatic rings. The van der Waals surface area contributed by atoms with Gasteiger partial charge in [-0.05, 0) is 70.3 Å². The zero-order chi connectivity index (χ0) is 15.3. The third-order valence-electron chi connectivity index (χ3n) is 3.76. The maximum atomic E-state index is 12.6. The number of hydrogen-bond acceptors (Lipinski definition) is 3. The van der Waals surface area contributed by atoms with E-state index >= 15 is 0 Å². The minimum atomic E-state index is -3.24. The second-order valence-electron chi connectivity index (χ2n) is 5.69. The van der Waals surface area contributed by atoms with Gasteiger partial charge >= 0.3 is 0 Å². The summed E-state index contributed by atoms with van der Waals surface area (Å²) in [5.41, 5.74) is 2.14. The number of hydrogen-bond donors (Lipinski definition) is 1. The Bertz CT molecular complexity index is 537. The van der Waals surface area contributed by atoms with E-state index in [1.165, 1.54) is 0 Å². The normalized spacial score (nSPS) is 15.1. The van der Waals surface area contributed by atoms with Crippen molar-refractivity contribution in [2.75, 3.05) is 6.54 Å². The summed E-state index contributed by atoms with van der Waals surface area (Å²) in [6.07, 6.45) is 1.69. The van der Waals surface area contributed by atoms with Crippen molar-refractivity contribution < 1.29 is 8.42 Å². The molecule has 0 saturated heterocycles. The molecule has 1 rings (SSSR count). The summed E-state index contributed by atoms with van der Waals surface area (Å²) in [4.78, 5) is 0.441. The van der Waals surface area contributed by atoms with Crippen molar-refractivity contribution in [3.8, 4) is 0 Å². The van der Waals surface area contributed by atoms with Crippen LogP contribution in [0, 0.1) is 13.8 Å². The quantitative estimate of drug-likeness (QED) is 0.840. The molecule has 0 aliphatic carbocycles. The number of rotatable bonds is 7. The number of benzene rings is 1. The summed E-state index contributed by atoms with van der Waals surface area (Å²) in [5.74, 6) is 0. The summed E-state index contributed by atoms with van der Waals surface area (Å²) in [5, 5.41) is 2.97. The Morgan fingerprint density at radius 1 is 1.15 bits per heavy atom. The van der Waals surface area contributed by atoms with Crippen LogP contribution in [0.25, 0.3) is 0 Å². The van der Waals surface area contributed by atoms with E-state index in [1.54, 1.807) is 19.1 Å². The molecule has 20 heavy (non-hydrogen) atoms. The summed E-state index contributed by atoms with van der Waals surface area (Å²) < 4.78 is 25.2. The Balaban J connectivity index is 2.84. The summed E-state index contributed by atoms with van der Waals surface area (Å²) in [6, 6.07) is 5.60. The molecule has 1 aromatic carbocycles. The fourth-order valence-corrected chi connectivity index (χ4v) is 3.83. The van der Waals surface area contributed by atoms with Crippen molar-refractivity contribution in [2.45, 2.75) is 63.6 Å². The first kappa shape index (κ1) is 17.2. The molecule has 0 heterocycles. The Labute approximate surface area is 123 Å². The fourth-order valence-electron chi connectivity index (χ4n) is 2.22. The average molecular weight is 297 g/mol. The van der Waals surface area contributed by atoms with Crippen LogP contribution >= 0.6 is 0 Å². The van der Waals surface area contributed by atoms with E-state index in [4.69, 9.17) is 0 Å². The smallest absolute Gasteiger partial charge is 0.181 e. The lowest BCUT2D eigenvalue weighted by Crippen LogP contribution is -2.32. The van der Waals surface area contributed by atoms with Gasteiger partial charge in [0.1, 0.15) is 0 Å². The molecule has 0 aromatic heterocycles. The minimum Gasteiger partial charge on any atom is -0.314 e. The van der Waals surface area contributed by atoms with Gasteiger partial charge in [-0.15, -0.1) is 0 Å². The SMILES string of the molecule is CCCNC(C)CC(C)S(=O)(=O)c1ccc(C)c(C)c1. The maximum Gasteiger partial charge on any atom is 0.181 e. The molecule has 4 heteroatoms. The fraction of sp³-hybridized carbons (Fsp3) is 0.625.